The number of hydrogen-bond acceptors (Lipinski definition) is 4. The predicted molar refractivity (Wildman–Crippen MR) is 82.7 cm³/mol. The van der Waals surface area contributed by atoms with Crippen molar-refractivity contribution in [2.45, 2.75) is 39.7 Å². The third-order valence-electron chi connectivity index (χ3n) is 3.87. The van der Waals surface area contributed by atoms with Gasteiger partial charge in [-0.2, -0.15) is 0 Å². The smallest absolute Gasteiger partial charge is 0.156 e. The zero-order valence-electron chi connectivity index (χ0n) is 13.0. The topological polar surface area (TPSA) is 57.7 Å². The van der Waals surface area contributed by atoms with Gasteiger partial charge in [-0.25, -0.2) is 15.0 Å². The highest BCUT2D eigenvalue weighted by Crippen LogP contribution is 2.31. The van der Waals surface area contributed by atoms with E-state index in [9.17, 15) is 0 Å². The van der Waals surface area contributed by atoms with Crippen LogP contribution in [0.15, 0.2) is 18.5 Å². The van der Waals surface area contributed by atoms with Gasteiger partial charge in [0.2, 0.25) is 0 Å². The fourth-order valence-corrected chi connectivity index (χ4v) is 3.07. The van der Waals surface area contributed by atoms with E-state index in [-0.39, 0.29) is 0 Å². The number of nitrogens with zero attached hydrogens (tertiary/aromatic N) is 4. The van der Waals surface area contributed by atoms with Gasteiger partial charge >= 0.3 is 0 Å². The normalized spacial score (nSPS) is 19.5. The first-order chi connectivity index (χ1) is 10.1. The van der Waals surface area contributed by atoms with Crippen LogP contribution < -0.4 is 0 Å². The van der Waals surface area contributed by atoms with Crippen LogP contribution in [0.2, 0.25) is 0 Å². The number of aromatic amines is 1. The summed E-state index contributed by atoms with van der Waals surface area (Å²) in [6.45, 7) is 8.81. The Bertz CT molecular complexity index is 591. The Hall–Kier alpha value is -1.75. The van der Waals surface area contributed by atoms with Gasteiger partial charge in [0, 0.05) is 24.6 Å². The number of hydrogen-bond donors (Lipinski definition) is 1. The van der Waals surface area contributed by atoms with E-state index in [2.05, 4.69) is 33.7 Å². The molecule has 0 aromatic carbocycles. The summed E-state index contributed by atoms with van der Waals surface area (Å²) in [6.07, 6.45) is 5.96. The molecule has 1 fully saturated rings. The van der Waals surface area contributed by atoms with Crippen molar-refractivity contribution >= 4 is 0 Å². The number of rotatable bonds is 4. The molecule has 0 aliphatic carbocycles. The Balaban J connectivity index is 1.91. The predicted octanol–water partition coefficient (Wildman–Crippen LogP) is 2.97. The maximum absolute atomic E-state index is 4.77. The molecule has 3 rings (SSSR count). The minimum Gasteiger partial charge on any atom is -0.343 e. The number of H-pyrrole nitrogens is 1. The first-order valence-electron chi connectivity index (χ1n) is 7.73. The fraction of sp³-hybridized carbons (Fsp3) is 0.562. The minimum atomic E-state index is 0.348. The van der Waals surface area contributed by atoms with Gasteiger partial charge in [-0.1, -0.05) is 13.8 Å². The standard InChI is InChI=1S/C16H23N5/c1-11(2)10-21-8-4-5-14(21)16-19-12(3)9-13(20-16)15-17-6-7-18-15/h6-7,9,11,14H,4-5,8,10H2,1-3H3,(H,17,18)/t14-/m1/s1. The molecule has 0 radical (unpaired) electrons. The maximum atomic E-state index is 4.77. The molecule has 1 aliphatic heterocycles. The highest BCUT2D eigenvalue weighted by Gasteiger charge is 2.29. The average Bonchev–Trinajstić information content (AvgIpc) is 3.07. The van der Waals surface area contributed by atoms with Crippen LogP contribution in [-0.4, -0.2) is 37.9 Å². The molecule has 0 amide bonds. The molecule has 0 bridgehead atoms. The zero-order chi connectivity index (χ0) is 14.8. The quantitative estimate of drug-likeness (QED) is 0.938. The Morgan fingerprint density at radius 1 is 1.38 bits per heavy atom. The van der Waals surface area contributed by atoms with Crippen molar-refractivity contribution in [3.8, 4) is 11.5 Å². The van der Waals surface area contributed by atoms with E-state index in [1.54, 1.807) is 6.20 Å². The summed E-state index contributed by atoms with van der Waals surface area (Å²) in [7, 11) is 0. The van der Waals surface area contributed by atoms with Gasteiger partial charge in [0.05, 0.1) is 6.04 Å². The van der Waals surface area contributed by atoms with E-state index in [1.165, 1.54) is 6.42 Å². The lowest BCUT2D eigenvalue weighted by Crippen LogP contribution is -2.28. The first-order valence-corrected chi connectivity index (χ1v) is 7.73. The van der Waals surface area contributed by atoms with Gasteiger partial charge < -0.3 is 4.98 Å². The lowest BCUT2D eigenvalue weighted by molar-refractivity contribution is 0.221. The van der Waals surface area contributed by atoms with E-state index < -0.39 is 0 Å². The molecule has 1 saturated heterocycles. The summed E-state index contributed by atoms with van der Waals surface area (Å²) in [5.74, 6) is 2.43. The van der Waals surface area contributed by atoms with Crippen LogP contribution in [0.4, 0.5) is 0 Å². The minimum absolute atomic E-state index is 0.348. The van der Waals surface area contributed by atoms with Crippen molar-refractivity contribution in [3.63, 3.8) is 0 Å². The molecule has 1 atom stereocenters. The van der Waals surface area contributed by atoms with Gasteiger partial charge in [-0.3, -0.25) is 4.90 Å². The monoisotopic (exact) mass is 285 g/mol. The molecular formula is C16H23N5. The molecule has 3 heterocycles. The van der Waals surface area contributed by atoms with Crippen molar-refractivity contribution in [1.29, 1.82) is 0 Å². The largest absolute Gasteiger partial charge is 0.343 e. The maximum Gasteiger partial charge on any atom is 0.156 e. The van der Waals surface area contributed by atoms with Gasteiger partial charge in [0.15, 0.2) is 5.82 Å². The van der Waals surface area contributed by atoms with Crippen molar-refractivity contribution in [1.82, 2.24) is 24.8 Å². The van der Waals surface area contributed by atoms with Crippen molar-refractivity contribution < 1.29 is 0 Å². The van der Waals surface area contributed by atoms with Crippen molar-refractivity contribution in [3.05, 3.63) is 30.0 Å². The second-order valence-electron chi connectivity index (χ2n) is 6.24. The van der Waals surface area contributed by atoms with Crippen LogP contribution in [-0.2, 0) is 0 Å². The van der Waals surface area contributed by atoms with Crippen LogP contribution in [0.3, 0.4) is 0 Å². The van der Waals surface area contributed by atoms with Gasteiger partial charge in [0.25, 0.3) is 0 Å². The van der Waals surface area contributed by atoms with E-state index >= 15 is 0 Å². The Morgan fingerprint density at radius 2 is 2.24 bits per heavy atom. The summed E-state index contributed by atoms with van der Waals surface area (Å²) in [5.41, 5.74) is 1.89. The van der Waals surface area contributed by atoms with Crippen LogP contribution in [0.1, 0.15) is 44.2 Å². The van der Waals surface area contributed by atoms with Crippen LogP contribution in [0.5, 0.6) is 0 Å². The van der Waals surface area contributed by atoms with Crippen LogP contribution in [0.25, 0.3) is 11.5 Å². The lowest BCUT2D eigenvalue weighted by atomic mass is 10.1. The fourth-order valence-electron chi connectivity index (χ4n) is 3.07. The molecule has 1 aliphatic rings. The number of aryl methyl sites for hydroxylation is 1. The molecule has 2 aromatic rings. The van der Waals surface area contributed by atoms with Gasteiger partial charge in [0.1, 0.15) is 11.5 Å². The summed E-state index contributed by atoms with van der Waals surface area (Å²) in [6, 6.07) is 2.34. The average molecular weight is 285 g/mol. The Morgan fingerprint density at radius 3 is 2.95 bits per heavy atom. The second-order valence-corrected chi connectivity index (χ2v) is 6.24. The zero-order valence-corrected chi connectivity index (χ0v) is 13.0. The molecule has 0 spiro atoms. The lowest BCUT2D eigenvalue weighted by Gasteiger charge is -2.25. The van der Waals surface area contributed by atoms with E-state index in [0.717, 1.165) is 42.5 Å². The van der Waals surface area contributed by atoms with Crippen LogP contribution in [0, 0.1) is 12.8 Å². The SMILES string of the molecule is Cc1cc(-c2ncc[nH]2)nc([C@H]2CCCN2CC(C)C)n1. The summed E-state index contributed by atoms with van der Waals surface area (Å²) in [4.78, 5) is 19.4. The van der Waals surface area contributed by atoms with Crippen molar-refractivity contribution in [2.24, 2.45) is 5.92 Å². The molecule has 112 valence electrons. The molecule has 1 N–H and O–H groups in total. The number of nitrogens with one attached hydrogen (secondary N) is 1. The first kappa shape index (κ1) is 14.2. The third kappa shape index (κ3) is 3.13. The Labute approximate surface area is 125 Å². The number of aromatic nitrogens is 4. The molecule has 5 nitrogen and oxygen atoms in total. The highest BCUT2D eigenvalue weighted by molar-refractivity contribution is 5.49. The molecular weight excluding hydrogens is 262 g/mol. The third-order valence-corrected chi connectivity index (χ3v) is 3.87. The molecule has 21 heavy (non-hydrogen) atoms. The van der Waals surface area contributed by atoms with E-state index in [4.69, 9.17) is 4.98 Å². The highest BCUT2D eigenvalue weighted by atomic mass is 15.2. The molecule has 0 unspecified atom stereocenters. The number of likely N-dealkylation sites (tertiary alicyclic amines) is 1. The van der Waals surface area contributed by atoms with Gasteiger partial charge in [-0.05, 0) is 38.3 Å². The molecule has 0 saturated carbocycles. The van der Waals surface area contributed by atoms with Gasteiger partial charge in [-0.15, -0.1) is 0 Å². The summed E-state index contributed by atoms with van der Waals surface area (Å²) in [5, 5.41) is 0. The second kappa shape index (κ2) is 5.93. The summed E-state index contributed by atoms with van der Waals surface area (Å²) < 4.78 is 0. The number of imidazole rings is 1. The molecule has 2 aromatic heterocycles. The van der Waals surface area contributed by atoms with Crippen molar-refractivity contribution in [2.75, 3.05) is 13.1 Å². The summed E-state index contributed by atoms with van der Waals surface area (Å²) >= 11 is 0. The Kier molecular flexibility index (Phi) is 4.01. The molecule has 5 heteroatoms. The van der Waals surface area contributed by atoms with E-state index in [1.807, 2.05) is 19.2 Å². The van der Waals surface area contributed by atoms with E-state index in [0.29, 0.717) is 12.0 Å². The van der Waals surface area contributed by atoms with Crippen LogP contribution >= 0.6 is 0 Å².